The summed E-state index contributed by atoms with van der Waals surface area (Å²) < 4.78 is 4.67. The van der Waals surface area contributed by atoms with Crippen molar-refractivity contribution in [2.24, 2.45) is 5.41 Å². The number of hydrogen-bond donors (Lipinski definition) is 0. The number of hydrogen-bond acceptors (Lipinski definition) is 2. The van der Waals surface area contributed by atoms with Crippen molar-refractivity contribution in [3.8, 4) is 0 Å². The summed E-state index contributed by atoms with van der Waals surface area (Å²) in [4.78, 5) is 11.1. The molecular weight excluding hydrogens is 176 g/mol. The predicted molar refractivity (Wildman–Crippen MR) is 52.6 cm³/mol. The lowest BCUT2D eigenvalue weighted by Crippen LogP contribution is -2.25. The van der Waals surface area contributed by atoms with Crippen LogP contribution in [-0.4, -0.2) is 13.1 Å². The van der Waals surface area contributed by atoms with Gasteiger partial charge in [0.1, 0.15) is 0 Å². The summed E-state index contributed by atoms with van der Waals surface area (Å²) >= 11 is 0. The fourth-order valence-corrected chi connectivity index (χ4v) is 0.997. The molecule has 0 atom stereocenters. The Morgan fingerprint density at radius 2 is 1.92 bits per heavy atom. The zero-order chi connectivity index (χ0) is 8.91. The normalized spacial score (nSPS) is 10.3. The van der Waals surface area contributed by atoms with Crippen LogP contribution < -0.4 is 0 Å². The molecule has 0 aromatic heterocycles. The van der Waals surface area contributed by atoms with Crippen molar-refractivity contribution < 1.29 is 9.53 Å². The van der Waals surface area contributed by atoms with E-state index in [2.05, 4.69) is 11.7 Å². The van der Waals surface area contributed by atoms with Crippen LogP contribution in [0.15, 0.2) is 0 Å². The molecule has 3 heteroatoms. The van der Waals surface area contributed by atoms with E-state index in [0.29, 0.717) is 0 Å². The minimum Gasteiger partial charge on any atom is -0.469 e. The van der Waals surface area contributed by atoms with Crippen molar-refractivity contribution >= 4 is 18.4 Å². The van der Waals surface area contributed by atoms with Crippen LogP contribution >= 0.6 is 12.4 Å². The largest absolute Gasteiger partial charge is 0.469 e. The van der Waals surface area contributed by atoms with Gasteiger partial charge < -0.3 is 4.74 Å². The van der Waals surface area contributed by atoms with Gasteiger partial charge in [-0.05, 0) is 20.3 Å². The average molecular weight is 195 g/mol. The molecule has 0 N–H and O–H groups in total. The van der Waals surface area contributed by atoms with Gasteiger partial charge in [-0.15, -0.1) is 12.4 Å². The van der Waals surface area contributed by atoms with Gasteiger partial charge in [0.05, 0.1) is 12.5 Å². The third-order valence-electron chi connectivity index (χ3n) is 1.89. The summed E-state index contributed by atoms with van der Waals surface area (Å²) in [6.45, 7) is 5.97. The molecule has 0 aliphatic carbocycles. The highest BCUT2D eigenvalue weighted by atomic mass is 35.5. The second-order valence-corrected chi connectivity index (χ2v) is 3.48. The molecule has 0 spiro atoms. The average Bonchev–Trinajstić information content (AvgIpc) is 1.99. The lowest BCUT2D eigenvalue weighted by Gasteiger charge is -2.20. The van der Waals surface area contributed by atoms with Crippen LogP contribution in [-0.2, 0) is 9.53 Å². The predicted octanol–water partition coefficient (Wildman–Crippen LogP) is 2.80. The molecule has 0 radical (unpaired) electrons. The minimum atomic E-state index is -0.301. The molecule has 0 aromatic carbocycles. The molecule has 0 aliphatic heterocycles. The summed E-state index contributed by atoms with van der Waals surface area (Å²) in [6, 6.07) is 0. The number of methoxy groups -OCH3 is 1. The standard InChI is InChI=1S/C9H18O2.ClH/c1-5-6-7-9(2,3)8(10)11-4;/h5-7H2,1-4H3;1H. The molecule has 0 rings (SSSR count). The van der Waals surface area contributed by atoms with E-state index < -0.39 is 0 Å². The van der Waals surface area contributed by atoms with E-state index in [4.69, 9.17) is 0 Å². The highest BCUT2D eigenvalue weighted by Gasteiger charge is 2.27. The molecule has 74 valence electrons. The number of esters is 1. The highest BCUT2D eigenvalue weighted by molar-refractivity contribution is 5.85. The summed E-state index contributed by atoms with van der Waals surface area (Å²) in [5.74, 6) is -0.106. The molecule has 0 aliphatic rings. The molecule has 0 fully saturated rings. The Kier molecular flexibility index (Phi) is 7.50. The first kappa shape index (κ1) is 14.3. The van der Waals surface area contributed by atoms with Crippen molar-refractivity contribution in [3.63, 3.8) is 0 Å². The number of unbranched alkanes of at least 4 members (excludes halogenated alkanes) is 1. The molecule has 0 saturated heterocycles. The van der Waals surface area contributed by atoms with Crippen molar-refractivity contribution in [1.82, 2.24) is 0 Å². The van der Waals surface area contributed by atoms with E-state index in [1.54, 1.807) is 0 Å². The van der Waals surface area contributed by atoms with E-state index in [1.165, 1.54) is 7.11 Å². The maximum absolute atomic E-state index is 11.1. The zero-order valence-corrected chi connectivity index (χ0v) is 9.16. The topological polar surface area (TPSA) is 26.3 Å². The number of ether oxygens (including phenoxy) is 1. The molecule has 0 aromatic rings. The monoisotopic (exact) mass is 194 g/mol. The first-order valence-electron chi connectivity index (χ1n) is 4.13. The fourth-order valence-electron chi connectivity index (χ4n) is 0.997. The first-order valence-corrected chi connectivity index (χ1v) is 4.13. The van der Waals surface area contributed by atoms with Crippen LogP contribution in [0.25, 0.3) is 0 Å². The zero-order valence-electron chi connectivity index (χ0n) is 8.35. The summed E-state index contributed by atoms with van der Waals surface area (Å²) in [7, 11) is 1.44. The van der Waals surface area contributed by atoms with Gasteiger partial charge in [0.15, 0.2) is 0 Å². The molecule has 0 saturated carbocycles. The third kappa shape index (κ3) is 4.60. The Labute approximate surface area is 81.1 Å². The van der Waals surface area contributed by atoms with Crippen LogP contribution in [0.4, 0.5) is 0 Å². The van der Waals surface area contributed by atoms with Crippen molar-refractivity contribution in [1.29, 1.82) is 0 Å². The summed E-state index contributed by atoms with van der Waals surface area (Å²) in [5, 5.41) is 0. The van der Waals surface area contributed by atoms with Gasteiger partial charge in [0.25, 0.3) is 0 Å². The number of rotatable bonds is 4. The summed E-state index contributed by atoms with van der Waals surface area (Å²) in [5.41, 5.74) is -0.301. The van der Waals surface area contributed by atoms with Crippen LogP contribution in [0, 0.1) is 5.41 Å². The Bertz CT molecular complexity index is 132. The van der Waals surface area contributed by atoms with Gasteiger partial charge >= 0.3 is 5.97 Å². The maximum atomic E-state index is 11.1. The maximum Gasteiger partial charge on any atom is 0.311 e. The quantitative estimate of drug-likeness (QED) is 0.644. The lowest BCUT2D eigenvalue weighted by atomic mass is 9.87. The molecule has 2 nitrogen and oxygen atoms in total. The molecule has 0 unspecified atom stereocenters. The molecule has 12 heavy (non-hydrogen) atoms. The number of carbonyl (C=O) groups excluding carboxylic acids is 1. The van der Waals surface area contributed by atoms with Crippen molar-refractivity contribution in [2.45, 2.75) is 40.0 Å². The van der Waals surface area contributed by atoms with Gasteiger partial charge in [-0.1, -0.05) is 19.8 Å². The van der Waals surface area contributed by atoms with Crippen LogP contribution in [0.2, 0.25) is 0 Å². The second kappa shape index (κ2) is 6.30. The van der Waals surface area contributed by atoms with E-state index in [9.17, 15) is 4.79 Å². The second-order valence-electron chi connectivity index (χ2n) is 3.48. The van der Waals surface area contributed by atoms with Crippen LogP contribution in [0.1, 0.15) is 40.0 Å². The molecule has 0 bridgehead atoms. The molecule has 0 heterocycles. The van der Waals surface area contributed by atoms with Gasteiger partial charge in [-0.2, -0.15) is 0 Å². The van der Waals surface area contributed by atoms with Crippen LogP contribution in [0.5, 0.6) is 0 Å². The first-order chi connectivity index (χ1) is 5.04. The van der Waals surface area contributed by atoms with Crippen molar-refractivity contribution in [2.75, 3.05) is 7.11 Å². The molecular formula is C9H19ClO2. The van der Waals surface area contributed by atoms with E-state index in [-0.39, 0.29) is 23.8 Å². The smallest absolute Gasteiger partial charge is 0.311 e. The Hall–Kier alpha value is -0.240. The van der Waals surface area contributed by atoms with Crippen LogP contribution in [0.3, 0.4) is 0 Å². The van der Waals surface area contributed by atoms with E-state index in [0.717, 1.165) is 19.3 Å². The number of carbonyl (C=O) groups is 1. The Morgan fingerprint density at radius 3 is 2.25 bits per heavy atom. The molecule has 0 amide bonds. The minimum absolute atomic E-state index is 0. The van der Waals surface area contributed by atoms with Gasteiger partial charge in [0, 0.05) is 0 Å². The lowest BCUT2D eigenvalue weighted by molar-refractivity contribution is -0.151. The number of halogens is 1. The van der Waals surface area contributed by atoms with Gasteiger partial charge in [-0.3, -0.25) is 4.79 Å². The SMILES string of the molecule is CCCCC(C)(C)C(=O)OC.Cl. The highest BCUT2D eigenvalue weighted by Crippen LogP contribution is 2.24. The van der Waals surface area contributed by atoms with E-state index >= 15 is 0 Å². The van der Waals surface area contributed by atoms with Gasteiger partial charge in [0.2, 0.25) is 0 Å². The summed E-state index contributed by atoms with van der Waals surface area (Å²) in [6.07, 6.45) is 3.12. The Morgan fingerprint density at radius 1 is 1.42 bits per heavy atom. The van der Waals surface area contributed by atoms with Crippen molar-refractivity contribution in [3.05, 3.63) is 0 Å². The third-order valence-corrected chi connectivity index (χ3v) is 1.89. The Balaban J connectivity index is 0. The fraction of sp³-hybridized carbons (Fsp3) is 0.889. The van der Waals surface area contributed by atoms with Gasteiger partial charge in [-0.25, -0.2) is 0 Å². The van der Waals surface area contributed by atoms with E-state index in [1.807, 2.05) is 13.8 Å².